The number of urea groups is 1. The van der Waals surface area contributed by atoms with Crippen molar-refractivity contribution < 1.29 is 9.90 Å². The Morgan fingerprint density at radius 3 is 2.86 bits per heavy atom. The Kier molecular flexibility index (Phi) is 3.26. The number of carbonyl (C=O) groups excluding carboxylic acids is 1. The second-order valence-electron chi connectivity index (χ2n) is 6.21. The minimum atomic E-state index is -0.102. The highest BCUT2D eigenvalue weighted by atomic mass is 16.3. The summed E-state index contributed by atoms with van der Waals surface area (Å²) in [7, 11) is 0. The summed E-state index contributed by atoms with van der Waals surface area (Å²) < 4.78 is 0. The van der Waals surface area contributed by atoms with Crippen LogP contribution in [-0.4, -0.2) is 35.2 Å². The van der Waals surface area contributed by atoms with Gasteiger partial charge in [0.1, 0.15) is 0 Å². The van der Waals surface area contributed by atoms with Crippen LogP contribution < -0.4 is 5.32 Å². The van der Waals surface area contributed by atoms with Crippen molar-refractivity contribution in [3.05, 3.63) is 41.5 Å². The van der Waals surface area contributed by atoms with E-state index in [0.29, 0.717) is 0 Å². The molecule has 2 aliphatic rings. The van der Waals surface area contributed by atoms with E-state index in [9.17, 15) is 9.90 Å². The number of rotatable bonds is 2. The fraction of sp³-hybridized carbons (Fsp3) is 0.389. The van der Waals surface area contributed by atoms with E-state index in [4.69, 9.17) is 0 Å². The van der Waals surface area contributed by atoms with Gasteiger partial charge in [-0.2, -0.15) is 0 Å². The van der Waals surface area contributed by atoms with Crippen LogP contribution in [0.25, 0.3) is 10.8 Å². The lowest BCUT2D eigenvalue weighted by molar-refractivity contribution is 0.166. The average molecular weight is 296 g/mol. The zero-order chi connectivity index (χ0) is 15.1. The second-order valence-corrected chi connectivity index (χ2v) is 6.21. The van der Waals surface area contributed by atoms with E-state index in [2.05, 4.69) is 29.6 Å². The highest BCUT2D eigenvalue weighted by Crippen LogP contribution is 2.35. The molecule has 1 fully saturated rings. The largest absolute Gasteiger partial charge is 0.394 e. The number of nitrogens with zero attached hydrogens (tertiary/aromatic N) is 1. The molecule has 1 aliphatic heterocycles. The van der Waals surface area contributed by atoms with Crippen molar-refractivity contribution in [2.45, 2.75) is 31.7 Å². The molecule has 0 spiro atoms. The van der Waals surface area contributed by atoms with Crippen molar-refractivity contribution in [3.8, 4) is 0 Å². The molecule has 1 saturated heterocycles. The molecule has 114 valence electrons. The first kappa shape index (κ1) is 13.6. The monoisotopic (exact) mass is 296 g/mol. The zero-order valence-electron chi connectivity index (χ0n) is 12.5. The molecule has 4 heteroatoms. The minimum Gasteiger partial charge on any atom is -0.394 e. The van der Waals surface area contributed by atoms with Crippen LogP contribution in [0.2, 0.25) is 0 Å². The van der Waals surface area contributed by atoms with E-state index in [-0.39, 0.29) is 18.7 Å². The highest BCUT2D eigenvalue weighted by molar-refractivity contribution is 6.04. The van der Waals surface area contributed by atoms with Crippen molar-refractivity contribution in [3.63, 3.8) is 0 Å². The van der Waals surface area contributed by atoms with Gasteiger partial charge in [-0.25, -0.2) is 4.79 Å². The molecule has 1 aliphatic carbocycles. The average Bonchev–Trinajstić information content (AvgIpc) is 3.18. The Labute approximate surface area is 129 Å². The molecule has 1 unspecified atom stereocenters. The van der Waals surface area contributed by atoms with Crippen LogP contribution in [0.4, 0.5) is 10.5 Å². The Hall–Kier alpha value is -2.07. The number of hydrogen-bond acceptors (Lipinski definition) is 2. The van der Waals surface area contributed by atoms with Crippen LogP contribution in [0, 0.1) is 0 Å². The number of benzene rings is 2. The number of aryl methyl sites for hydroxylation is 2. The first-order valence-electron chi connectivity index (χ1n) is 8.00. The van der Waals surface area contributed by atoms with Gasteiger partial charge in [0.05, 0.1) is 18.3 Å². The lowest BCUT2D eigenvalue weighted by Gasteiger charge is -2.23. The number of aliphatic hydroxyl groups excluding tert-OH is 1. The minimum absolute atomic E-state index is 0.0389. The number of carbonyl (C=O) groups is 1. The number of amides is 2. The van der Waals surface area contributed by atoms with Crippen LogP contribution in [0.5, 0.6) is 0 Å². The lowest BCUT2D eigenvalue weighted by atomic mass is 10.0. The zero-order valence-corrected chi connectivity index (χ0v) is 12.5. The summed E-state index contributed by atoms with van der Waals surface area (Å²) in [5, 5.41) is 14.9. The van der Waals surface area contributed by atoms with Crippen LogP contribution >= 0.6 is 0 Å². The summed E-state index contributed by atoms with van der Waals surface area (Å²) in [6, 6.07) is 10.3. The Morgan fingerprint density at radius 1 is 1.23 bits per heavy atom. The van der Waals surface area contributed by atoms with Crippen molar-refractivity contribution in [1.82, 2.24) is 4.90 Å². The van der Waals surface area contributed by atoms with E-state index < -0.39 is 0 Å². The molecule has 4 rings (SSSR count). The van der Waals surface area contributed by atoms with Gasteiger partial charge in [0.25, 0.3) is 0 Å². The third-order valence-electron chi connectivity index (χ3n) is 4.97. The molecule has 0 bridgehead atoms. The number of anilines is 1. The predicted octanol–water partition coefficient (Wildman–Crippen LogP) is 2.93. The van der Waals surface area contributed by atoms with Gasteiger partial charge in [-0.1, -0.05) is 24.3 Å². The maximum Gasteiger partial charge on any atom is 0.322 e. The molecule has 1 atom stereocenters. The molecule has 22 heavy (non-hydrogen) atoms. The third-order valence-corrected chi connectivity index (χ3v) is 4.97. The lowest BCUT2D eigenvalue weighted by Crippen LogP contribution is -2.40. The standard InChI is InChI=1S/C18H20N2O2/c21-11-14-4-2-10-20(14)18(22)19-16-9-8-13-7-6-12-3-1-5-15(16)17(12)13/h1,3,5,8-9,14,21H,2,4,6-7,10-11H2,(H,19,22). The van der Waals surface area contributed by atoms with E-state index >= 15 is 0 Å². The Balaban J connectivity index is 1.67. The molecule has 2 aromatic carbocycles. The number of hydrogen-bond donors (Lipinski definition) is 2. The van der Waals surface area contributed by atoms with E-state index in [1.54, 1.807) is 4.90 Å². The SMILES string of the molecule is O=C(Nc1ccc2c3c(cccc13)CC2)N1CCCC1CO. The van der Waals surface area contributed by atoms with Gasteiger partial charge >= 0.3 is 6.03 Å². The topological polar surface area (TPSA) is 52.6 Å². The van der Waals surface area contributed by atoms with Crippen molar-refractivity contribution in [2.24, 2.45) is 0 Å². The summed E-state index contributed by atoms with van der Waals surface area (Å²) in [5.41, 5.74) is 3.62. The summed E-state index contributed by atoms with van der Waals surface area (Å²) in [6.07, 6.45) is 4.02. The van der Waals surface area contributed by atoms with Gasteiger partial charge in [-0.05, 0) is 48.3 Å². The van der Waals surface area contributed by atoms with Gasteiger partial charge in [-0.3, -0.25) is 0 Å². The first-order chi connectivity index (χ1) is 10.8. The summed E-state index contributed by atoms with van der Waals surface area (Å²) in [4.78, 5) is 14.3. The predicted molar refractivity (Wildman–Crippen MR) is 87.2 cm³/mol. The molecule has 2 aromatic rings. The fourth-order valence-corrected chi connectivity index (χ4v) is 3.84. The smallest absolute Gasteiger partial charge is 0.322 e. The highest BCUT2D eigenvalue weighted by Gasteiger charge is 2.28. The van der Waals surface area contributed by atoms with E-state index in [1.807, 2.05) is 6.07 Å². The Morgan fingerprint density at radius 2 is 2.05 bits per heavy atom. The summed E-state index contributed by atoms with van der Waals surface area (Å²) in [5.74, 6) is 0. The normalized spacial score (nSPS) is 19.9. The van der Waals surface area contributed by atoms with Crippen LogP contribution in [0.15, 0.2) is 30.3 Å². The van der Waals surface area contributed by atoms with Crippen molar-refractivity contribution >= 4 is 22.5 Å². The molecular weight excluding hydrogens is 276 g/mol. The Bertz CT molecular complexity index is 731. The third kappa shape index (κ3) is 2.06. The van der Waals surface area contributed by atoms with Gasteiger partial charge in [0.15, 0.2) is 0 Å². The van der Waals surface area contributed by atoms with Gasteiger partial charge in [-0.15, -0.1) is 0 Å². The number of likely N-dealkylation sites (tertiary alicyclic amines) is 1. The van der Waals surface area contributed by atoms with E-state index in [0.717, 1.165) is 43.3 Å². The van der Waals surface area contributed by atoms with Crippen molar-refractivity contribution in [2.75, 3.05) is 18.5 Å². The molecule has 4 nitrogen and oxygen atoms in total. The number of nitrogens with one attached hydrogen (secondary N) is 1. The van der Waals surface area contributed by atoms with Gasteiger partial charge in [0.2, 0.25) is 0 Å². The van der Waals surface area contributed by atoms with Crippen LogP contribution in [0.1, 0.15) is 24.0 Å². The van der Waals surface area contributed by atoms with Crippen molar-refractivity contribution in [1.29, 1.82) is 0 Å². The number of aliphatic hydroxyl groups is 1. The molecular formula is C18H20N2O2. The molecule has 2 N–H and O–H groups in total. The summed E-state index contributed by atoms with van der Waals surface area (Å²) >= 11 is 0. The van der Waals surface area contributed by atoms with E-state index in [1.165, 1.54) is 16.5 Å². The fourth-order valence-electron chi connectivity index (χ4n) is 3.84. The molecule has 0 saturated carbocycles. The van der Waals surface area contributed by atoms with Crippen LogP contribution in [0.3, 0.4) is 0 Å². The molecule has 2 amide bonds. The molecule has 0 radical (unpaired) electrons. The maximum atomic E-state index is 12.5. The summed E-state index contributed by atoms with van der Waals surface area (Å²) in [6.45, 7) is 0.760. The quantitative estimate of drug-likeness (QED) is 0.895. The second kappa shape index (κ2) is 5.29. The van der Waals surface area contributed by atoms with Gasteiger partial charge in [0, 0.05) is 11.9 Å². The molecule has 0 aromatic heterocycles. The maximum absolute atomic E-state index is 12.5. The first-order valence-corrected chi connectivity index (χ1v) is 8.00. The van der Waals surface area contributed by atoms with Crippen LogP contribution in [-0.2, 0) is 12.8 Å². The van der Waals surface area contributed by atoms with Gasteiger partial charge < -0.3 is 15.3 Å². The molecule has 1 heterocycles.